The van der Waals surface area contributed by atoms with Crippen molar-refractivity contribution in [3.63, 3.8) is 0 Å². The van der Waals surface area contributed by atoms with Crippen LogP contribution in [0.2, 0.25) is 0 Å². The van der Waals surface area contributed by atoms with Crippen molar-refractivity contribution in [3.05, 3.63) is 46.4 Å². The van der Waals surface area contributed by atoms with E-state index in [1.807, 2.05) is 0 Å². The van der Waals surface area contributed by atoms with E-state index in [-0.39, 0.29) is 11.5 Å². The number of benzene rings is 1. The Balaban J connectivity index is 2.34. The third-order valence-electron chi connectivity index (χ3n) is 2.33. The van der Waals surface area contributed by atoms with Crippen molar-refractivity contribution in [2.45, 2.75) is 6.18 Å². The average Bonchev–Trinajstić information content (AvgIpc) is 2.30. The van der Waals surface area contributed by atoms with Crippen LogP contribution in [0, 0.1) is 0 Å². The highest BCUT2D eigenvalue weighted by atomic mass is 79.9. The number of alkyl halides is 3. The van der Waals surface area contributed by atoms with Gasteiger partial charge in [0.2, 0.25) is 0 Å². The highest BCUT2D eigenvalue weighted by Crippen LogP contribution is 2.34. The molecule has 0 saturated heterocycles. The first-order valence-electron chi connectivity index (χ1n) is 5.22. The third-order valence-corrected chi connectivity index (χ3v) is 3.02. The maximum Gasteiger partial charge on any atom is 0.416 e. The minimum Gasteiger partial charge on any atom is -0.384 e. The van der Waals surface area contributed by atoms with E-state index in [1.165, 1.54) is 6.07 Å². The third kappa shape index (κ3) is 3.37. The molecule has 0 bridgehead atoms. The van der Waals surface area contributed by atoms with Gasteiger partial charge in [0.05, 0.1) is 11.3 Å². The summed E-state index contributed by atoms with van der Waals surface area (Å²) in [4.78, 5) is 3.97. The summed E-state index contributed by atoms with van der Waals surface area (Å²) in [6, 6.07) is 8.20. The molecule has 3 N–H and O–H groups in total. The van der Waals surface area contributed by atoms with Gasteiger partial charge in [-0.15, -0.1) is 0 Å². The summed E-state index contributed by atoms with van der Waals surface area (Å²) in [5.74, 6) is 0.660. The number of hydrogen-bond donors (Lipinski definition) is 2. The zero-order valence-electron chi connectivity index (χ0n) is 9.50. The summed E-state index contributed by atoms with van der Waals surface area (Å²) in [5.41, 5.74) is 5.04. The number of halogens is 4. The number of pyridine rings is 1. The first kappa shape index (κ1) is 13.7. The molecule has 1 aromatic heterocycles. The Hall–Kier alpha value is -1.76. The molecule has 3 nitrogen and oxygen atoms in total. The molecule has 1 aromatic carbocycles. The van der Waals surface area contributed by atoms with E-state index >= 15 is 0 Å². The van der Waals surface area contributed by atoms with E-state index in [9.17, 15) is 13.2 Å². The normalized spacial score (nSPS) is 11.4. The first-order valence-corrected chi connectivity index (χ1v) is 6.02. The maximum absolute atomic E-state index is 12.6. The van der Waals surface area contributed by atoms with E-state index in [0.717, 1.165) is 12.1 Å². The molecule has 0 aliphatic carbocycles. The van der Waals surface area contributed by atoms with Gasteiger partial charge in [0, 0.05) is 4.47 Å². The van der Waals surface area contributed by atoms with Crippen LogP contribution < -0.4 is 11.1 Å². The van der Waals surface area contributed by atoms with E-state index < -0.39 is 11.7 Å². The Labute approximate surface area is 115 Å². The van der Waals surface area contributed by atoms with Gasteiger partial charge in [0.15, 0.2) is 0 Å². The summed E-state index contributed by atoms with van der Waals surface area (Å²) < 4.78 is 38.4. The van der Waals surface area contributed by atoms with Crippen LogP contribution in [0.1, 0.15) is 5.56 Å². The van der Waals surface area contributed by atoms with Gasteiger partial charge in [-0.25, -0.2) is 4.98 Å². The molecular formula is C12H9BrF3N3. The quantitative estimate of drug-likeness (QED) is 0.867. The van der Waals surface area contributed by atoms with Gasteiger partial charge < -0.3 is 11.1 Å². The van der Waals surface area contributed by atoms with Crippen molar-refractivity contribution >= 4 is 33.3 Å². The highest BCUT2D eigenvalue weighted by Gasteiger charge is 2.30. The van der Waals surface area contributed by atoms with Crippen LogP contribution >= 0.6 is 15.9 Å². The predicted molar refractivity (Wildman–Crippen MR) is 71.1 cm³/mol. The van der Waals surface area contributed by atoms with Gasteiger partial charge in [-0.1, -0.05) is 6.07 Å². The minimum atomic E-state index is -4.39. The number of nitrogens with two attached hydrogens (primary N) is 1. The van der Waals surface area contributed by atoms with Gasteiger partial charge in [-0.05, 0) is 46.3 Å². The zero-order chi connectivity index (χ0) is 14.0. The van der Waals surface area contributed by atoms with Crippen molar-refractivity contribution in [1.29, 1.82) is 0 Å². The predicted octanol–water partition coefficient (Wildman–Crippen LogP) is 4.19. The maximum atomic E-state index is 12.6. The van der Waals surface area contributed by atoms with Crippen molar-refractivity contribution in [3.8, 4) is 0 Å². The second-order valence-electron chi connectivity index (χ2n) is 3.77. The molecule has 0 spiro atoms. The summed E-state index contributed by atoms with van der Waals surface area (Å²) >= 11 is 3.18. The van der Waals surface area contributed by atoms with Gasteiger partial charge in [0.1, 0.15) is 11.6 Å². The standard InChI is InChI=1S/C12H9BrF3N3/c13-8-5-4-7(12(14,15)16)6-9(8)18-11-3-1-2-10(17)19-11/h1-6H,(H3,17,18,19). The fourth-order valence-corrected chi connectivity index (χ4v) is 1.80. The van der Waals surface area contributed by atoms with Crippen LogP contribution in [0.15, 0.2) is 40.9 Å². The van der Waals surface area contributed by atoms with Crippen LogP contribution in [0.5, 0.6) is 0 Å². The van der Waals surface area contributed by atoms with E-state index in [0.29, 0.717) is 10.3 Å². The lowest BCUT2D eigenvalue weighted by atomic mass is 10.2. The van der Waals surface area contributed by atoms with E-state index in [4.69, 9.17) is 5.73 Å². The lowest BCUT2D eigenvalue weighted by molar-refractivity contribution is -0.137. The summed E-state index contributed by atoms with van der Waals surface area (Å²) in [7, 11) is 0. The van der Waals surface area contributed by atoms with E-state index in [2.05, 4.69) is 26.2 Å². The Bertz CT molecular complexity index is 599. The monoisotopic (exact) mass is 331 g/mol. The van der Waals surface area contributed by atoms with Crippen molar-refractivity contribution in [1.82, 2.24) is 4.98 Å². The molecule has 0 fully saturated rings. The number of hydrogen-bond acceptors (Lipinski definition) is 3. The van der Waals surface area contributed by atoms with E-state index in [1.54, 1.807) is 18.2 Å². The molecule has 0 aliphatic rings. The number of anilines is 3. The number of aromatic nitrogens is 1. The molecule has 0 saturated carbocycles. The largest absolute Gasteiger partial charge is 0.416 e. The molecule has 1 heterocycles. The Morgan fingerprint density at radius 2 is 1.89 bits per heavy atom. The first-order chi connectivity index (χ1) is 8.86. The Morgan fingerprint density at radius 3 is 2.53 bits per heavy atom. The molecule has 100 valence electrons. The fraction of sp³-hybridized carbons (Fsp3) is 0.0833. The van der Waals surface area contributed by atoms with Crippen LogP contribution in [0.3, 0.4) is 0 Å². The molecule has 0 radical (unpaired) electrons. The molecule has 0 unspecified atom stereocenters. The second kappa shape index (κ2) is 5.08. The molecule has 2 aromatic rings. The van der Waals surface area contributed by atoms with Crippen LogP contribution in [0.4, 0.5) is 30.5 Å². The highest BCUT2D eigenvalue weighted by molar-refractivity contribution is 9.10. The molecule has 19 heavy (non-hydrogen) atoms. The topological polar surface area (TPSA) is 50.9 Å². The van der Waals surface area contributed by atoms with Gasteiger partial charge in [-0.3, -0.25) is 0 Å². The fourth-order valence-electron chi connectivity index (χ4n) is 1.46. The minimum absolute atomic E-state index is 0.271. The van der Waals surface area contributed by atoms with Crippen LogP contribution in [-0.2, 0) is 6.18 Å². The van der Waals surface area contributed by atoms with Crippen LogP contribution in [0.25, 0.3) is 0 Å². The van der Waals surface area contributed by atoms with Crippen molar-refractivity contribution < 1.29 is 13.2 Å². The number of rotatable bonds is 2. The number of nitrogens with zero attached hydrogens (tertiary/aromatic N) is 1. The molecule has 0 amide bonds. The van der Waals surface area contributed by atoms with Gasteiger partial charge in [-0.2, -0.15) is 13.2 Å². The molecule has 7 heteroatoms. The summed E-state index contributed by atoms with van der Waals surface area (Å²) in [5, 5.41) is 2.79. The van der Waals surface area contributed by atoms with Gasteiger partial charge >= 0.3 is 6.18 Å². The average molecular weight is 332 g/mol. The lowest BCUT2D eigenvalue weighted by Crippen LogP contribution is -2.06. The van der Waals surface area contributed by atoms with Crippen LogP contribution in [-0.4, -0.2) is 4.98 Å². The molecule has 2 rings (SSSR count). The second-order valence-corrected chi connectivity index (χ2v) is 4.62. The SMILES string of the molecule is Nc1cccc(Nc2cc(C(F)(F)F)ccc2Br)n1. The molecule has 0 atom stereocenters. The Morgan fingerprint density at radius 1 is 1.16 bits per heavy atom. The van der Waals surface area contributed by atoms with Crippen molar-refractivity contribution in [2.75, 3.05) is 11.1 Å². The zero-order valence-corrected chi connectivity index (χ0v) is 11.1. The number of nitrogen functional groups attached to an aromatic ring is 1. The lowest BCUT2D eigenvalue weighted by Gasteiger charge is -2.12. The summed E-state index contributed by atoms with van der Waals surface area (Å²) in [6.45, 7) is 0. The van der Waals surface area contributed by atoms with Crippen molar-refractivity contribution in [2.24, 2.45) is 0 Å². The Kier molecular flexibility index (Phi) is 3.66. The molecule has 0 aliphatic heterocycles. The summed E-state index contributed by atoms with van der Waals surface area (Å²) in [6.07, 6.45) is -4.39. The van der Waals surface area contributed by atoms with Gasteiger partial charge in [0.25, 0.3) is 0 Å². The molecular weight excluding hydrogens is 323 g/mol. The smallest absolute Gasteiger partial charge is 0.384 e. The number of nitrogens with one attached hydrogen (secondary N) is 1.